The lowest BCUT2D eigenvalue weighted by Crippen LogP contribution is -2.36. The van der Waals surface area contributed by atoms with Gasteiger partial charge in [0.1, 0.15) is 11.0 Å². The van der Waals surface area contributed by atoms with E-state index in [2.05, 4.69) is 40.2 Å². The van der Waals surface area contributed by atoms with E-state index in [1.807, 2.05) is 11.0 Å². The molecule has 2 aliphatic rings. The van der Waals surface area contributed by atoms with Crippen LogP contribution < -0.4 is 4.90 Å². The van der Waals surface area contributed by atoms with Gasteiger partial charge in [0.05, 0.1) is 5.75 Å². The van der Waals surface area contributed by atoms with Crippen LogP contribution in [-0.4, -0.2) is 52.7 Å². The third-order valence-corrected chi connectivity index (χ3v) is 7.03. The number of aromatic nitrogens is 2. The molecular formula is C23H29ClN4OS. The number of nitrogens with zero attached hydrogens (tertiary/aromatic N) is 4. The summed E-state index contributed by atoms with van der Waals surface area (Å²) < 4.78 is 0. The first-order chi connectivity index (χ1) is 14.7. The number of carbonyl (C=O) groups excluding carboxylic acids is 1. The minimum atomic E-state index is 0.173. The quantitative estimate of drug-likeness (QED) is 0.367. The first kappa shape index (κ1) is 21.4. The van der Waals surface area contributed by atoms with Gasteiger partial charge < -0.3 is 9.80 Å². The van der Waals surface area contributed by atoms with E-state index in [1.165, 1.54) is 23.7 Å². The number of piperidine rings is 2. The third-order valence-electron chi connectivity index (χ3n) is 6.00. The van der Waals surface area contributed by atoms with E-state index < -0.39 is 0 Å². The van der Waals surface area contributed by atoms with Gasteiger partial charge in [0.15, 0.2) is 5.16 Å². The first-order valence-electron chi connectivity index (χ1n) is 10.9. The highest BCUT2D eigenvalue weighted by Gasteiger charge is 2.22. The molecule has 30 heavy (non-hydrogen) atoms. The summed E-state index contributed by atoms with van der Waals surface area (Å²) in [4.78, 5) is 25.7. The minimum absolute atomic E-state index is 0.173. The monoisotopic (exact) mass is 444 g/mol. The molecule has 2 saturated heterocycles. The fraction of sp³-hybridized carbons (Fsp3) is 0.522. The topological polar surface area (TPSA) is 49.3 Å². The van der Waals surface area contributed by atoms with Gasteiger partial charge in [-0.05, 0) is 50.0 Å². The van der Waals surface area contributed by atoms with Crippen LogP contribution in [0.15, 0.2) is 41.6 Å². The van der Waals surface area contributed by atoms with E-state index in [0.29, 0.717) is 22.0 Å². The van der Waals surface area contributed by atoms with Crippen molar-refractivity contribution in [1.82, 2.24) is 14.9 Å². The van der Waals surface area contributed by atoms with Gasteiger partial charge in [-0.25, -0.2) is 9.97 Å². The van der Waals surface area contributed by atoms with Crippen LogP contribution >= 0.6 is 23.4 Å². The number of likely N-dealkylation sites (tertiary alicyclic amines) is 1. The summed E-state index contributed by atoms with van der Waals surface area (Å²) in [7, 11) is 0. The van der Waals surface area contributed by atoms with E-state index in [-0.39, 0.29) is 5.91 Å². The highest BCUT2D eigenvalue weighted by Crippen LogP contribution is 2.28. The second-order valence-corrected chi connectivity index (χ2v) is 9.51. The number of amides is 1. The largest absolute Gasteiger partial charge is 0.356 e. The number of hydrogen-bond acceptors (Lipinski definition) is 5. The number of rotatable bonds is 6. The Balaban J connectivity index is 1.31. The molecular weight excluding hydrogens is 416 g/mol. The summed E-state index contributed by atoms with van der Waals surface area (Å²) in [5, 5.41) is 1.04. The smallest absolute Gasteiger partial charge is 0.233 e. The second kappa shape index (κ2) is 10.5. The maximum Gasteiger partial charge on any atom is 0.233 e. The molecule has 0 atom stereocenters. The summed E-state index contributed by atoms with van der Waals surface area (Å²) in [6, 6.07) is 12.6. The number of anilines is 1. The normalized spacial score (nSPS) is 17.9. The van der Waals surface area contributed by atoms with Crippen molar-refractivity contribution >= 4 is 35.1 Å². The number of benzene rings is 1. The molecule has 0 N–H and O–H groups in total. The van der Waals surface area contributed by atoms with E-state index in [0.717, 1.165) is 64.1 Å². The first-order valence-corrected chi connectivity index (χ1v) is 12.3. The highest BCUT2D eigenvalue weighted by atomic mass is 35.5. The van der Waals surface area contributed by atoms with Crippen LogP contribution in [0.4, 0.5) is 5.82 Å². The molecule has 1 amide bonds. The Labute approximate surface area is 188 Å². The summed E-state index contributed by atoms with van der Waals surface area (Å²) in [5.41, 5.74) is 1.41. The molecule has 2 aromatic rings. The van der Waals surface area contributed by atoms with Crippen LogP contribution in [0.2, 0.25) is 5.15 Å². The van der Waals surface area contributed by atoms with Crippen molar-refractivity contribution in [1.29, 1.82) is 0 Å². The fourth-order valence-corrected chi connectivity index (χ4v) is 5.27. The molecule has 0 bridgehead atoms. The Morgan fingerprint density at radius 3 is 2.50 bits per heavy atom. The molecule has 2 aliphatic heterocycles. The minimum Gasteiger partial charge on any atom is -0.356 e. The van der Waals surface area contributed by atoms with Gasteiger partial charge in [-0.1, -0.05) is 53.7 Å². The zero-order chi connectivity index (χ0) is 20.8. The average molecular weight is 445 g/mol. The van der Waals surface area contributed by atoms with Crippen molar-refractivity contribution in [3.63, 3.8) is 0 Å². The van der Waals surface area contributed by atoms with Gasteiger partial charge in [-0.15, -0.1) is 0 Å². The molecule has 2 fully saturated rings. The fourth-order valence-electron chi connectivity index (χ4n) is 4.29. The average Bonchev–Trinajstić information content (AvgIpc) is 2.79. The molecule has 1 aromatic heterocycles. The lowest BCUT2D eigenvalue weighted by molar-refractivity contribution is -0.129. The molecule has 7 heteroatoms. The number of carbonyl (C=O) groups is 1. The lowest BCUT2D eigenvalue weighted by atomic mass is 9.90. The predicted octanol–water partition coefficient (Wildman–Crippen LogP) is 4.69. The van der Waals surface area contributed by atoms with Crippen LogP contribution in [0.3, 0.4) is 0 Å². The molecule has 0 aliphatic carbocycles. The Bertz CT molecular complexity index is 836. The number of halogens is 1. The molecule has 0 unspecified atom stereocenters. The Hall–Kier alpha value is -1.79. The number of thioether (sulfide) groups is 1. The van der Waals surface area contributed by atoms with Gasteiger partial charge in [0.2, 0.25) is 5.91 Å². The molecule has 4 rings (SSSR count). The zero-order valence-electron chi connectivity index (χ0n) is 17.3. The third kappa shape index (κ3) is 5.88. The van der Waals surface area contributed by atoms with Crippen molar-refractivity contribution < 1.29 is 4.79 Å². The van der Waals surface area contributed by atoms with Crippen LogP contribution in [0, 0.1) is 5.92 Å². The highest BCUT2D eigenvalue weighted by molar-refractivity contribution is 7.99. The van der Waals surface area contributed by atoms with Gasteiger partial charge in [0, 0.05) is 32.2 Å². The van der Waals surface area contributed by atoms with E-state index >= 15 is 0 Å². The molecule has 5 nitrogen and oxygen atoms in total. The van der Waals surface area contributed by atoms with Crippen molar-refractivity contribution in [3.05, 3.63) is 47.1 Å². The van der Waals surface area contributed by atoms with E-state index in [9.17, 15) is 4.79 Å². The van der Waals surface area contributed by atoms with Crippen molar-refractivity contribution in [2.24, 2.45) is 5.92 Å². The summed E-state index contributed by atoms with van der Waals surface area (Å²) >= 11 is 7.68. The molecule has 1 aromatic carbocycles. The molecule has 3 heterocycles. The Morgan fingerprint density at radius 2 is 1.77 bits per heavy atom. The summed E-state index contributed by atoms with van der Waals surface area (Å²) in [5.74, 6) is 2.13. The van der Waals surface area contributed by atoms with E-state index in [1.54, 1.807) is 0 Å². The zero-order valence-corrected chi connectivity index (χ0v) is 18.9. The predicted molar refractivity (Wildman–Crippen MR) is 123 cm³/mol. The van der Waals surface area contributed by atoms with E-state index in [4.69, 9.17) is 16.6 Å². The summed E-state index contributed by atoms with van der Waals surface area (Å²) in [6.45, 7) is 3.70. The standard InChI is InChI=1S/C23H29ClN4OS/c24-20-16-21(26-23(25-20)30-17-22(29)28-11-5-2-6-12-28)27-13-9-19(10-14-27)15-18-7-3-1-4-8-18/h1,3-4,7-8,16,19H,2,5-6,9-15,17H2. The van der Waals surface area contributed by atoms with Crippen LogP contribution in [0.5, 0.6) is 0 Å². The Morgan fingerprint density at radius 1 is 1.03 bits per heavy atom. The second-order valence-electron chi connectivity index (χ2n) is 8.18. The van der Waals surface area contributed by atoms with Gasteiger partial charge in [-0.3, -0.25) is 4.79 Å². The van der Waals surface area contributed by atoms with Crippen LogP contribution in [0.1, 0.15) is 37.7 Å². The molecule has 160 valence electrons. The van der Waals surface area contributed by atoms with Gasteiger partial charge in [-0.2, -0.15) is 0 Å². The molecule has 0 radical (unpaired) electrons. The van der Waals surface area contributed by atoms with Crippen LogP contribution in [-0.2, 0) is 11.2 Å². The maximum absolute atomic E-state index is 12.4. The van der Waals surface area contributed by atoms with Crippen molar-refractivity contribution in [3.8, 4) is 0 Å². The lowest BCUT2D eigenvalue weighted by Gasteiger charge is -2.33. The van der Waals surface area contributed by atoms with Crippen molar-refractivity contribution in [2.45, 2.75) is 43.7 Å². The van der Waals surface area contributed by atoms with Gasteiger partial charge in [0.25, 0.3) is 0 Å². The molecule has 0 saturated carbocycles. The SMILES string of the molecule is O=C(CSc1nc(Cl)cc(N2CCC(Cc3ccccc3)CC2)n1)N1CCCCC1. The van der Waals surface area contributed by atoms with Crippen LogP contribution in [0.25, 0.3) is 0 Å². The molecule has 0 spiro atoms. The maximum atomic E-state index is 12.4. The summed E-state index contributed by atoms with van der Waals surface area (Å²) in [6.07, 6.45) is 6.86. The Kier molecular flexibility index (Phi) is 7.50. The van der Waals surface area contributed by atoms with Gasteiger partial charge >= 0.3 is 0 Å². The van der Waals surface area contributed by atoms with Crippen molar-refractivity contribution in [2.75, 3.05) is 36.8 Å². The number of hydrogen-bond donors (Lipinski definition) is 0.